The second-order valence-corrected chi connectivity index (χ2v) is 7.22. The highest BCUT2D eigenvalue weighted by molar-refractivity contribution is 14.0. The number of aryl methyl sites for hydroxylation is 1. The van der Waals surface area contributed by atoms with E-state index in [-0.39, 0.29) is 30.0 Å². The van der Waals surface area contributed by atoms with E-state index in [2.05, 4.69) is 74.0 Å². The van der Waals surface area contributed by atoms with Crippen molar-refractivity contribution in [2.45, 2.75) is 32.7 Å². The molecular formula is C19H35IN4S. The second kappa shape index (κ2) is 14.7. The summed E-state index contributed by atoms with van der Waals surface area (Å²) < 4.78 is 0. The van der Waals surface area contributed by atoms with Crippen LogP contribution in [0.5, 0.6) is 0 Å². The van der Waals surface area contributed by atoms with Gasteiger partial charge in [0, 0.05) is 13.1 Å². The van der Waals surface area contributed by atoms with Gasteiger partial charge in [-0.2, -0.15) is 11.8 Å². The van der Waals surface area contributed by atoms with Gasteiger partial charge in [0.05, 0.1) is 12.6 Å². The van der Waals surface area contributed by atoms with Gasteiger partial charge in [0.1, 0.15) is 0 Å². The lowest BCUT2D eigenvalue weighted by Gasteiger charge is -2.24. The number of nitrogens with zero attached hydrogens (tertiary/aromatic N) is 2. The molecule has 4 nitrogen and oxygen atoms in total. The molecule has 2 N–H and O–H groups in total. The Balaban J connectivity index is 0.00000576. The monoisotopic (exact) mass is 478 g/mol. The van der Waals surface area contributed by atoms with Crippen molar-refractivity contribution in [3.63, 3.8) is 0 Å². The lowest BCUT2D eigenvalue weighted by molar-refractivity contribution is 0.306. The number of thioether (sulfide) groups is 1. The van der Waals surface area contributed by atoms with E-state index in [4.69, 9.17) is 4.99 Å². The van der Waals surface area contributed by atoms with Crippen LogP contribution in [0, 0.1) is 6.92 Å². The number of nitrogens with one attached hydrogen (secondary N) is 2. The Kier molecular flexibility index (Phi) is 14.4. The maximum absolute atomic E-state index is 4.80. The van der Waals surface area contributed by atoms with Gasteiger partial charge < -0.3 is 15.5 Å². The van der Waals surface area contributed by atoms with Crippen LogP contribution in [-0.4, -0.2) is 56.6 Å². The Morgan fingerprint density at radius 1 is 1.16 bits per heavy atom. The molecule has 1 aromatic rings. The standard InChI is InChI=1S/C19H34N4S.HI/c1-6-20-19(21-13-7-8-14-24-5)22-15-18(23(3)4)17-11-9-16(2)10-12-17;/h9-12,18H,6-8,13-15H2,1-5H3,(H2,20,21,22);1H. The molecule has 1 aromatic carbocycles. The Labute approximate surface area is 175 Å². The van der Waals surface area contributed by atoms with Crippen LogP contribution < -0.4 is 10.6 Å². The van der Waals surface area contributed by atoms with Gasteiger partial charge in [-0.1, -0.05) is 29.8 Å². The second-order valence-electron chi connectivity index (χ2n) is 6.24. The summed E-state index contributed by atoms with van der Waals surface area (Å²) in [5, 5.41) is 6.79. The van der Waals surface area contributed by atoms with E-state index >= 15 is 0 Å². The van der Waals surface area contributed by atoms with E-state index < -0.39 is 0 Å². The number of halogens is 1. The molecule has 0 radical (unpaired) electrons. The minimum atomic E-state index is 0. The Morgan fingerprint density at radius 2 is 1.84 bits per heavy atom. The average molecular weight is 478 g/mol. The lowest BCUT2D eigenvalue weighted by atomic mass is 10.0. The fourth-order valence-corrected chi connectivity index (χ4v) is 2.95. The molecule has 0 spiro atoms. The first-order valence-electron chi connectivity index (χ1n) is 8.82. The Hall–Kier alpha value is -0.470. The number of guanidine groups is 1. The van der Waals surface area contributed by atoms with Crippen LogP contribution in [-0.2, 0) is 0 Å². The first-order chi connectivity index (χ1) is 11.6. The van der Waals surface area contributed by atoms with Crippen LogP contribution in [0.4, 0.5) is 0 Å². The third-order valence-corrected chi connectivity index (χ3v) is 4.62. The SMILES string of the molecule is CCNC(=NCC(c1ccc(C)cc1)N(C)C)NCCCCSC.I. The molecule has 0 saturated carbocycles. The molecule has 0 fully saturated rings. The van der Waals surface area contributed by atoms with E-state index in [1.54, 1.807) is 0 Å². The number of hydrogen-bond donors (Lipinski definition) is 2. The quantitative estimate of drug-likeness (QED) is 0.232. The third kappa shape index (κ3) is 10.3. The number of aliphatic imine (C=N–C) groups is 1. The molecule has 0 aromatic heterocycles. The zero-order valence-corrected chi connectivity index (χ0v) is 19.5. The zero-order chi connectivity index (χ0) is 17.8. The van der Waals surface area contributed by atoms with Crippen molar-refractivity contribution >= 4 is 41.7 Å². The third-order valence-electron chi connectivity index (χ3n) is 3.92. The van der Waals surface area contributed by atoms with Gasteiger partial charge in [-0.15, -0.1) is 24.0 Å². The topological polar surface area (TPSA) is 39.7 Å². The van der Waals surface area contributed by atoms with E-state index in [0.29, 0.717) is 0 Å². The molecule has 6 heteroatoms. The van der Waals surface area contributed by atoms with Crippen molar-refractivity contribution in [1.29, 1.82) is 0 Å². The van der Waals surface area contributed by atoms with E-state index in [1.165, 1.54) is 29.7 Å². The predicted octanol–water partition coefficient (Wildman–Crippen LogP) is 3.91. The van der Waals surface area contributed by atoms with Crippen LogP contribution in [0.3, 0.4) is 0 Å². The maximum atomic E-state index is 4.80. The molecule has 1 atom stereocenters. The predicted molar refractivity (Wildman–Crippen MR) is 125 cm³/mol. The minimum absolute atomic E-state index is 0. The van der Waals surface area contributed by atoms with Crippen molar-refractivity contribution in [3.05, 3.63) is 35.4 Å². The highest BCUT2D eigenvalue weighted by Crippen LogP contribution is 2.19. The summed E-state index contributed by atoms with van der Waals surface area (Å²) in [7, 11) is 4.23. The van der Waals surface area contributed by atoms with Crippen LogP contribution in [0.1, 0.15) is 36.9 Å². The smallest absolute Gasteiger partial charge is 0.191 e. The van der Waals surface area contributed by atoms with E-state index in [0.717, 1.165) is 25.6 Å². The fraction of sp³-hybridized carbons (Fsp3) is 0.632. The number of hydrogen-bond acceptors (Lipinski definition) is 3. The summed E-state index contributed by atoms with van der Waals surface area (Å²) in [5.74, 6) is 2.14. The highest BCUT2D eigenvalue weighted by Gasteiger charge is 2.13. The molecular weight excluding hydrogens is 443 g/mol. The summed E-state index contributed by atoms with van der Waals surface area (Å²) >= 11 is 1.91. The average Bonchev–Trinajstić information content (AvgIpc) is 2.56. The van der Waals surface area contributed by atoms with Crippen LogP contribution in [0.2, 0.25) is 0 Å². The minimum Gasteiger partial charge on any atom is -0.357 e. The van der Waals surface area contributed by atoms with Gasteiger partial charge >= 0.3 is 0 Å². The number of unbranched alkanes of at least 4 members (excludes halogenated alkanes) is 1. The first-order valence-corrected chi connectivity index (χ1v) is 10.2. The molecule has 144 valence electrons. The molecule has 1 unspecified atom stereocenters. The molecule has 0 heterocycles. The molecule has 0 amide bonds. The normalized spacial score (nSPS) is 12.6. The molecule has 1 rings (SSSR count). The fourth-order valence-electron chi connectivity index (χ4n) is 2.45. The molecule has 0 aliphatic heterocycles. The zero-order valence-electron chi connectivity index (χ0n) is 16.3. The molecule has 25 heavy (non-hydrogen) atoms. The van der Waals surface area contributed by atoms with Crippen molar-refractivity contribution in [3.8, 4) is 0 Å². The molecule has 0 saturated heterocycles. The Bertz CT molecular complexity index is 477. The highest BCUT2D eigenvalue weighted by atomic mass is 127. The van der Waals surface area contributed by atoms with Gasteiger partial charge in [0.2, 0.25) is 0 Å². The van der Waals surface area contributed by atoms with Gasteiger partial charge in [0.15, 0.2) is 5.96 Å². The van der Waals surface area contributed by atoms with Crippen LogP contribution in [0.25, 0.3) is 0 Å². The van der Waals surface area contributed by atoms with Crippen LogP contribution in [0.15, 0.2) is 29.3 Å². The van der Waals surface area contributed by atoms with E-state index in [1.807, 2.05) is 11.8 Å². The summed E-state index contributed by atoms with van der Waals surface area (Å²) in [6, 6.07) is 9.05. The van der Waals surface area contributed by atoms with E-state index in [9.17, 15) is 0 Å². The van der Waals surface area contributed by atoms with Crippen LogP contribution >= 0.6 is 35.7 Å². The molecule has 0 aliphatic carbocycles. The summed E-state index contributed by atoms with van der Waals surface area (Å²) in [5.41, 5.74) is 2.60. The summed E-state index contributed by atoms with van der Waals surface area (Å²) in [6.07, 6.45) is 4.59. The largest absolute Gasteiger partial charge is 0.357 e. The number of benzene rings is 1. The molecule has 0 bridgehead atoms. The van der Waals surface area contributed by atoms with Gasteiger partial charge in [0.25, 0.3) is 0 Å². The van der Waals surface area contributed by atoms with Gasteiger partial charge in [-0.05, 0) is 58.4 Å². The lowest BCUT2D eigenvalue weighted by Crippen LogP contribution is -2.38. The number of likely N-dealkylation sites (N-methyl/N-ethyl adjacent to an activating group) is 1. The Morgan fingerprint density at radius 3 is 2.40 bits per heavy atom. The first kappa shape index (κ1) is 24.5. The van der Waals surface area contributed by atoms with Gasteiger partial charge in [-0.25, -0.2) is 0 Å². The molecule has 0 aliphatic rings. The van der Waals surface area contributed by atoms with Crippen molar-refractivity contribution in [1.82, 2.24) is 15.5 Å². The van der Waals surface area contributed by atoms with Crippen molar-refractivity contribution in [2.24, 2.45) is 4.99 Å². The summed E-state index contributed by atoms with van der Waals surface area (Å²) in [6.45, 7) is 6.83. The van der Waals surface area contributed by atoms with Gasteiger partial charge in [-0.3, -0.25) is 4.99 Å². The van der Waals surface area contributed by atoms with Crippen molar-refractivity contribution < 1.29 is 0 Å². The van der Waals surface area contributed by atoms with Crippen molar-refractivity contribution in [2.75, 3.05) is 45.7 Å². The number of rotatable bonds is 10. The maximum Gasteiger partial charge on any atom is 0.191 e. The summed E-state index contributed by atoms with van der Waals surface area (Å²) in [4.78, 5) is 7.03.